The third kappa shape index (κ3) is 65.9. The van der Waals surface area contributed by atoms with E-state index in [1.54, 1.807) is 0 Å². The number of unbranched alkanes of at least 4 members (excludes halogenated alkanes) is 10. The van der Waals surface area contributed by atoms with E-state index in [4.69, 9.17) is 0 Å². The minimum absolute atomic E-state index is 1.08. The smallest absolute Gasteiger partial charge is 0.0353 e. The van der Waals surface area contributed by atoms with E-state index < -0.39 is 0 Å². The molecule has 0 amide bonds. The van der Waals surface area contributed by atoms with E-state index >= 15 is 0 Å². The number of hydrogen-bond donors (Lipinski definition) is 0. The van der Waals surface area contributed by atoms with Gasteiger partial charge in [0.25, 0.3) is 0 Å². The fraction of sp³-hybridized carbons (Fsp3) is 0.692. The molecule has 0 heteroatoms. The summed E-state index contributed by atoms with van der Waals surface area (Å²) in [4.78, 5) is 0. The molecule has 0 aliphatic heterocycles. The van der Waals surface area contributed by atoms with Crippen LogP contribution in [0.3, 0.4) is 0 Å². The summed E-state index contributed by atoms with van der Waals surface area (Å²) in [5, 5.41) is 0. The average Bonchev–Trinajstić information content (AvgIpc) is 2.68. The van der Waals surface area contributed by atoms with E-state index in [0.717, 1.165) is 6.42 Å². The molecule has 0 atom stereocenters. The molecule has 0 saturated carbocycles. The maximum atomic E-state index is 3.66. The van der Waals surface area contributed by atoms with Crippen molar-refractivity contribution in [3.05, 3.63) is 50.6 Å². The van der Waals surface area contributed by atoms with Gasteiger partial charge >= 0.3 is 0 Å². The largest absolute Gasteiger partial charge is 0.103 e. The Kier molecular flexibility index (Phi) is 55.1. The Bertz CT molecular complexity index is 220. The number of allylic oxidation sites excluding steroid dienone is 4. The van der Waals surface area contributed by atoms with Gasteiger partial charge in [0, 0.05) is 0 Å². The summed E-state index contributed by atoms with van der Waals surface area (Å²) in [6.07, 6.45) is 25.9. The van der Waals surface area contributed by atoms with Crippen LogP contribution in [0.2, 0.25) is 0 Å². The van der Waals surface area contributed by atoms with E-state index in [-0.39, 0.29) is 0 Å². The van der Waals surface area contributed by atoms with Gasteiger partial charge in [0.15, 0.2) is 0 Å². The van der Waals surface area contributed by atoms with Gasteiger partial charge in [-0.25, -0.2) is 0 Å². The van der Waals surface area contributed by atoms with E-state index in [2.05, 4.69) is 54.0 Å². The Morgan fingerprint density at radius 3 is 0.923 bits per heavy atom. The summed E-state index contributed by atoms with van der Waals surface area (Å²) >= 11 is 0. The highest BCUT2D eigenvalue weighted by atomic mass is 13.9. The molecule has 0 aromatic rings. The first-order valence-corrected chi connectivity index (χ1v) is 11.1. The fourth-order valence-corrected chi connectivity index (χ4v) is 1.78. The Morgan fingerprint density at radius 1 is 0.423 bits per heavy atom. The maximum absolute atomic E-state index is 3.66. The molecule has 0 heterocycles. The molecule has 0 rings (SSSR count). The van der Waals surface area contributed by atoms with Gasteiger partial charge in [-0.2, -0.15) is 0 Å². The minimum Gasteiger partial charge on any atom is -0.103 e. The molecule has 26 heavy (non-hydrogen) atoms. The highest BCUT2D eigenvalue weighted by molar-refractivity contribution is 4.65. The van der Waals surface area contributed by atoms with Crippen LogP contribution in [0.1, 0.15) is 118 Å². The molecule has 0 spiro atoms. The van der Waals surface area contributed by atoms with Gasteiger partial charge in [0.1, 0.15) is 0 Å². The molecule has 0 radical (unpaired) electrons. The molecule has 0 fully saturated rings. The van der Waals surface area contributed by atoms with Crippen molar-refractivity contribution in [1.82, 2.24) is 0 Å². The van der Waals surface area contributed by atoms with E-state index in [1.165, 1.54) is 83.5 Å². The predicted molar refractivity (Wildman–Crippen MR) is 128 cm³/mol. The second-order valence-electron chi connectivity index (χ2n) is 6.40. The molecule has 0 aromatic heterocycles. The lowest BCUT2D eigenvalue weighted by atomic mass is 10.2. The summed E-state index contributed by atoms with van der Waals surface area (Å²) in [7, 11) is 0. The van der Waals surface area contributed by atoms with Gasteiger partial charge in [-0.3, -0.25) is 0 Å². The zero-order valence-electron chi connectivity index (χ0n) is 19.0. The molecule has 156 valence electrons. The average molecular weight is 365 g/mol. The van der Waals surface area contributed by atoms with Crippen molar-refractivity contribution < 1.29 is 0 Å². The van der Waals surface area contributed by atoms with Gasteiger partial charge in [-0.05, 0) is 38.5 Å². The van der Waals surface area contributed by atoms with Crippen LogP contribution in [0.4, 0.5) is 0 Å². The molecule has 0 N–H and O–H groups in total. The van der Waals surface area contributed by atoms with Crippen LogP contribution in [0, 0.1) is 0 Å². The zero-order chi connectivity index (χ0) is 20.7. The van der Waals surface area contributed by atoms with Crippen molar-refractivity contribution in [3.8, 4) is 0 Å². The summed E-state index contributed by atoms with van der Waals surface area (Å²) in [6.45, 7) is 23.1. The van der Waals surface area contributed by atoms with Gasteiger partial charge in [0.05, 0.1) is 0 Å². The first kappa shape index (κ1) is 32.6. The molecular formula is C26H52. The van der Waals surface area contributed by atoms with Crippen LogP contribution >= 0.6 is 0 Å². The number of rotatable bonds is 14. The lowest BCUT2D eigenvalue weighted by molar-refractivity contribution is 0.675. The van der Waals surface area contributed by atoms with E-state index in [1.807, 2.05) is 24.3 Å². The second kappa shape index (κ2) is 43.9. The van der Waals surface area contributed by atoms with Crippen LogP contribution in [-0.2, 0) is 0 Å². The highest BCUT2D eigenvalue weighted by Crippen LogP contribution is 2.02. The molecule has 0 unspecified atom stereocenters. The van der Waals surface area contributed by atoms with Crippen LogP contribution in [0.25, 0.3) is 0 Å². The third-order valence-corrected chi connectivity index (χ3v) is 3.57. The Morgan fingerprint density at radius 2 is 0.731 bits per heavy atom. The molecular weight excluding hydrogens is 312 g/mol. The predicted octanol–water partition coefficient (Wildman–Crippen LogP) is 10.2. The minimum atomic E-state index is 1.08. The normalized spacial score (nSPS) is 8.46. The van der Waals surface area contributed by atoms with E-state index in [9.17, 15) is 0 Å². The Balaban J connectivity index is -0.000000128. The summed E-state index contributed by atoms with van der Waals surface area (Å²) in [5.74, 6) is 0. The van der Waals surface area contributed by atoms with Crippen molar-refractivity contribution in [1.29, 1.82) is 0 Å². The van der Waals surface area contributed by atoms with Crippen molar-refractivity contribution in [3.63, 3.8) is 0 Å². The van der Waals surface area contributed by atoms with Crippen molar-refractivity contribution in [2.45, 2.75) is 118 Å². The molecule has 0 nitrogen and oxygen atoms in total. The summed E-state index contributed by atoms with van der Waals surface area (Å²) in [6, 6.07) is 0. The lowest BCUT2D eigenvalue weighted by Gasteiger charge is -1.91. The monoisotopic (exact) mass is 364 g/mol. The van der Waals surface area contributed by atoms with Gasteiger partial charge in [0.2, 0.25) is 0 Å². The van der Waals surface area contributed by atoms with Crippen molar-refractivity contribution in [2.24, 2.45) is 0 Å². The topological polar surface area (TPSA) is 0 Å². The quantitative estimate of drug-likeness (QED) is 0.212. The lowest BCUT2D eigenvalue weighted by Crippen LogP contribution is -1.71. The molecule has 0 aliphatic carbocycles. The van der Waals surface area contributed by atoms with Crippen molar-refractivity contribution in [2.75, 3.05) is 0 Å². The summed E-state index contributed by atoms with van der Waals surface area (Å²) < 4.78 is 0. The van der Waals surface area contributed by atoms with Gasteiger partial charge < -0.3 is 0 Å². The first-order chi connectivity index (χ1) is 12.7. The zero-order valence-corrected chi connectivity index (χ0v) is 19.0. The Labute approximate surface area is 168 Å². The molecule has 0 saturated heterocycles. The van der Waals surface area contributed by atoms with Gasteiger partial charge in [-0.15, -0.1) is 26.3 Å². The van der Waals surface area contributed by atoms with Crippen LogP contribution in [-0.4, -0.2) is 0 Å². The van der Waals surface area contributed by atoms with Crippen LogP contribution in [0.5, 0.6) is 0 Å². The summed E-state index contributed by atoms with van der Waals surface area (Å²) in [5.41, 5.74) is 0. The second-order valence-corrected chi connectivity index (χ2v) is 6.40. The molecule has 0 aliphatic rings. The van der Waals surface area contributed by atoms with Crippen LogP contribution in [0.15, 0.2) is 50.6 Å². The standard InChI is InChI=1S/2C8H16.C6H12.C4H8/c2*1-3-5-7-8-6-4-2;1-3-5-6-4-2;1-3-4-2/h2*3H,1,4-8H2,2H3;3H,1,4-6H2,2H3;3H,1,4H2,2H3. The first-order valence-electron chi connectivity index (χ1n) is 11.1. The van der Waals surface area contributed by atoms with Gasteiger partial charge in [-0.1, -0.05) is 103 Å². The number of hydrogen-bond acceptors (Lipinski definition) is 0. The maximum Gasteiger partial charge on any atom is -0.0353 e. The van der Waals surface area contributed by atoms with Crippen molar-refractivity contribution >= 4 is 0 Å². The van der Waals surface area contributed by atoms with E-state index in [0.29, 0.717) is 0 Å². The van der Waals surface area contributed by atoms with Crippen LogP contribution < -0.4 is 0 Å². The third-order valence-electron chi connectivity index (χ3n) is 3.57. The molecule has 0 bridgehead atoms. The fourth-order valence-electron chi connectivity index (χ4n) is 1.78. The highest BCUT2D eigenvalue weighted by Gasteiger charge is 1.82. The molecule has 0 aromatic carbocycles. The SMILES string of the molecule is C=CCC.C=CCCCC.C=CCCCCCC.C=CCCCCCC. The Hall–Kier alpha value is -1.04.